The van der Waals surface area contributed by atoms with Gasteiger partial charge in [0.1, 0.15) is 5.82 Å². The Morgan fingerprint density at radius 1 is 1.27 bits per heavy atom. The lowest BCUT2D eigenvalue weighted by atomic mass is 10.2. The SMILES string of the molecule is Cn1nc2c(c1N)CN(C1CCCC1)C2. The van der Waals surface area contributed by atoms with Crippen LogP contribution in [-0.4, -0.2) is 20.7 Å². The fourth-order valence-corrected chi connectivity index (χ4v) is 2.92. The van der Waals surface area contributed by atoms with Gasteiger partial charge in [0.25, 0.3) is 0 Å². The Morgan fingerprint density at radius 2 is 2.00 bits per heavy atom. The first-order valence-corrected chi connectivity index (χ1v) is 5.80. The van der Waals surface area contributed by atoms with Gasteiger partial charge in [-0.3, -0.25) is 9.58 Å². The average Bonchev–Trinajstić information content (AvgIpc) is 2.86. The van der Waals surface area contributed by atoms with Gasteiger partial charge < -0.3 is 5.73 Å². The van der Waals surface area contributed by atoms with Crippen molar-refractivity contribution in [2.75, 3.05) is 5.73 Å². The largest absolute Gasteiger partial charge is 0.384 e. The summed E-state index contributed by atoms with van der Waals surface area (Å²) in [6.07, 6.45) is 5.50. The molecule has 0 amide bonds. The van der Waals surface area contributed by atoms with Gasteiger partial charge in [-0.05, 0) is 12.8 Å². The zero-order valence-corrected chi connectivity index (χ0v) is 9.24. The van der Waals surface area contributed by atoms with E-state index < -0.39 is 0 Å². The molecule has 1 fully saturated rings. The summed E-state index contributed by atoms with van der Waals surface area (Å²) >= 11 is 0. The van der Waals surface area contributed by atoms with E-state index in [2.05, 4.69) is 10.00 Å². The predicted molar refractivity (Wildman–Crippen MR) is 59.1 cm³/mol. The predicted octanol–water partition coefficient (Wildman–Crippen LogP) is 1.26. The molecule has 1 aliphatic heterocycles. The maximum atomic E-state index is 5.99. The maximum Gasteiger partial charge on any atom is 0.126 e. The molecule has 1 aliphatic carbocycles. The van der Waals surface area contributed by atoms with Crippen LogP contribution in [0.15, 0.2) is 0 Å². The van der Waals surface area contributed by atoms with E-state index >= 15 is 0 Å². The minimum Gasteiger partial charge on any atom is -0.384 e. The lowest BCUT2D eigenvalue weighted by Crippen LogP contribution is -2.28. The van der Waals surface area contributed by atoms with Crippen molar-refractivity contribution in [3.8, 4) is 0 Å². The second-order valence-corrected chi connectivity index (χ2v) is 4.78. The standard InChI is InChI=1S/C11H18N4/c1-14-11(12)9-6-15(7-10(9)13-14)8-4-2-3-5-8/h8H,2-7,12H2,1H3. The number of nitrogens with zero attached hydrogens (tertiary/aromatic N) is 3. The quantitative estimate of drug-likeness (QED) is 0.752. The molecule has 0 atom stereocenters. The molecule has 4 nitrogen and oxygen atoms in total. The molecule has 2 aliphatic rings. The number of fused-ring (bicyclic) bond motifs is 1. The summed E-state index contributed by atoms with van der Waals surface area (Å²) in [7, 11) is 1.92. The second-order valence-electron chi connectivity index (χ2n) is 4.78. The highest BCUT2D eigenvalue weighted by molar-refractivity contribution is 5.45. The first kappa shape index (κ1) is 9.21. The van der Waals surface area contributed by atoms with Crippen molar-refractivity contribution in [2.45, 2.75) is 44.8 Å². The molecule has 0 spiro atoms. The third kappa shape index (κ3) is 1.35. The van der Waals surface area contributed by atoms with Gasteiger partial charge in [0.2, 0.25) is 0 Å². The number of hydrogen-bond donors (Lipinski definition) is 1. The smallest absolute Gasteiger partial charge is 0.126 e. The zero-order chi connectivity index (χ0) is 10.4. The molecule has 2 heterocycles. The van der Waals surface area contributed by atoms with Crippen molar-refractivity contribution in [2.24, 2.45) is 7.05 Å². The van der Waals surface area contributed by atoms with Gasteiger partial charge in [0.15, 0.2) is 0 Å². The van der Waals surface area contributed by atoms with Crippen LogP contribution in [0.3, 0.4) is 0 Å². The molecule has 1 saturated carbocycles. The molecule has 0 bridgehead atoms. The summed E-state index contributed by atoms with van der Waals surface area (Å²) in [6.45, 7) is 2.02. The van der Waals surface area contributed by atoms with Crippen LogP contribution >= 0.6 is 0 Å². The van der Waals surface area contributed by atoms with E-state index in [-0.39, 0.29) is 0 Å². The van der Waals surface area contributed by atoms with Crippen LogP contribution in [0.5, 0.6) is 0 Å². The number of aromatic nitrogens is 2. The van der Waals surface area contributed by atoms with Crippen molar-refractivity contribution >= 4 is 5.82 Å². The Morgan fingerprint density at radius 3 is 2.67 bits per heavy atom. The molecule has 0 saturated heterocycles. The first-order chi connectivity index (χ1) is 7.25. The monoisotopic (exact) mass is 206 g/mol. The van der Waals surface area contributed by atoms with Crippen molar-refractivity contribution in [1.82, 2.24) is 14.7 Å². The van der Waals surface area contributed by atoms with E-state index in [1.807, 2.05) is 7.05 Å². The number of aryl methyl sites for hydroxylation is 1. The summed E-state index contributed by atoms with van der Waals surface area (Å²) in [5.41, 5.74) is 8.45. The summed E-state index contributed by atoms with van der Waals surface area (Å²) in [6, 6.07) is 0.781. The highest BCUT2D eigenvalue weighted by atomic mass is 15.3. The molecule has 82 valence electrons. The number of anilines is 1. The minimum atomic E-state index is 0.781. The summed E-state index contributed by atoms with van der Waals surface area (Å²) in [4.78, 5) is 2.54. The molecule has 0 aromatic carbocycles. The zero-order valence-electron chi connectivity index (χ0n) is 9.24. The van der Waals surface area contributed by atoms with E-state index in [4.69, 9.17) is 5.73 Å². The highest BCUT2D eigenvalue weighted by Crippen LogP contribution is 2.33. The number of hydrogen-bond acceptors (Lipinski definition) is 3. The van der Waals surface area contributed by atoms with Gasteiger partial charge in [-0.15, -0.1) is 0 Å². The third-order valence-electron chi connectivity index (χ3n) is 3.83. The summed E-state index contributed by atoms with van der Waals surface area (Å²) < 4.78 is 1.80. The van der Waals surface area contributed by atoms with Gasteiger partial charge >= 0.3 is 0 Å². The normalized spacial score (nSPS) is 22.5. The molecular formula is C11H18N4. The van der Waals surface area contributed by atoms with Crippen molar-refractivity contribution < 1.29 is 0 Å². The topological polar surface area (TPSA) is 47.1 Å². The Balaban J connectivity index is 1.80. The Labute approximate surface area is 90.0 Å². The van der Waals surface area contributed by atoms with Crippen LogP contribution in [-0.2, 0) is 20.1 Å². The molecule has 4 heteroatoms. The minimum absolute atomic E-state index is 0.781. The maximum absolute atomic E-state index is 5.99. The van der Waals surface area contributed by atoms with Crippen LogP contribution in [0.1, 0.15) is 36.9 Å². The van der Waals surface area contributed by atoms with Gasteiger partial charge in [0.05, 0.1) is 5.69 Å². The van der Waals surface area contributed by atoms with E-state index in [9.17, 15) is 0 Å². The highest BCUT2D eigenvalue weighted by Gasteiger charge is 2.31. The van der Waals surface area contributed by atoms with Crippen LogP contribution in [0.4, 0.5) is 5.82 Å². The summed E-state index contributed by atoms with van der Waals surface area (Å²) in [5, 5.41) is 4.46. The van der Waals surface area contributed by atoms with Gasteiger partial charge in [-0.2, -0.15) is 5.10 Å². The van der Waals surface area contributed by atoms with Gasteiger partial charge in [0, 0.05) is 31.7 Å². The van der Waals surface area contributed by atoms with Crippen LogP contribution in [0.2, 0.25) is 0 Å². The van der Waals surface area contributed by atoms with Gasteiger partial charge in [-0.1, -0.05) is 12.8 Å². The first-order valence-electron chi connectivity index (χ1n) is 5.80. The van der Waals surface area contributed by atoms with E-state index in [0.29, 0.717) is 0 Å². The summed E-state index contributed by atoms with van der Waals surface area (Å²) in [5.74, 6) is 0.852. The lowest BCUT2D eigenvalue weighted by molar-refractivity contribution is 0.199. The van der Waals surface area contributed by atoms with Crippen LogP contribution in [0.25, 0.3) is 0 Å². The van der Waals surface area contributed by atoms with Crippen molar-refractivity contribution in [3.63, 3.8) is 0 Å². The Bertz CT molecular complexity index is 376. The molecule has 15 heavy (non-hydrogen) atoms. The molecule has 0 unspecified atom stereocenters. The van der Waals surface area contributed by atoms with Crippen LogP contribution in [0, 0.1) is 0 Å². The third-order valence-corrected chi connectivity index (χ3v) is 3.83. The molecule has 3 rings (SSSR count). The van der Waals surface area contributed by atoms with Crippen LogP contribution < -0.4 is 5.73 Å². The van der Waals surface area contributed by atoms with Crippen molar-refractivity contribution in [3.05, 3.63) is 11.3 Å². The lowest BCUT2D eigenvalue weighted by Gasteiger charge is -2.22. The van der Waals surface area contributed by atoms with Gasteiger partial charge in [-0.25, -0.2) is 0 Å². The fourth-order valence-electron chi connectivity index (χ4n) is 2.92. The number of rotatable bonds is 1. The molecule has 1 aromatic rings. The number of nitrogen functional groups attached to an aromatic ring is 1. The average molecular weight is 206 g/mol. The molecular weight excluding hydrogens is 188 g/mol. The Kier molecular flexibility index (Phi) is 1.99. The molecule has 0 radical (unpaired) electrons. The molecule has 1 aromatic heterocycles. The fraction of sp³-hybridized carbons (Fsp3) is 0.727. The Hall–Kier alpha value is -1.03. The molecule has 2 N–H and O–H groups in total. The van der Waals surface area contributed by atoms with E-state index in [0.717, 1.165) is 24.9 Å². The van der Waals surface area contributed by atoms with Crippen molar-refractivity contribution in [1.29, 1.82) is 0 Å². The van der Waals surface area contributed by atoms with E-state index in [1.165, 1.54) is 36.9 Å². The number of nitrogens with two attached hydrogens (primary N) is 1. The second kappa shape index (κ2) is 3.23. The van der Waals surface area contributed by atoms with E-state index in [1.54, 1.807) is 4.68 Å².